The highest BCUT2D eigenvalue weighted by Crippen LogP contribution is 2.59. The molecule has 0 aromatic heterocycles. The highest BCUT2D eigenvalue weighted by atomic mass is 19.1. The summed E-state index contributed by atoms with van der Waals surface area (Å²) in [5.41, 5.74) is 1.21. The summed E-state index contributed by atoms with van der Waals surface area (Å²) < 4.78 is 24.2. The molecule has 2 aromatic carbocycles. The van der Waals surface area contributed by atoms with Gasteiger partial charge in [0.05, 0.1) is 26.1 Å². The van der Waals surface area contributed by atoms with Gasteiger partial charge >= 0.3 is 5.97 Å². The van der Waals surface area contributed by atoms with Gasteiger partial charge in [0, 0.05) is 18.7 Å². The fourth-order valence-electron chi connectivity index (χ4n) is 6.10. The van der Waals surface area contributed by atoms with E-state index in [-0.39, 0.29) is 17.6 Å². The fraction of sp³-hybridized carbons (Fsp3) is 0.400. The Hall–Kier alpha value is -3.26. The number of carbonyl (C=O) groups excluding carboxylic acids is 3. The number of methoxy groups -OCH3 is 2. The maximum Gasteiger partial charge on any atom is 0.327 e. The third kappa shape index (κ3) is 2.86. The van der Waals surface area contributed by atoms with Crippen molar-refractivity contribution in [3.05, 3.63) is 53.8 Å². The standard InChI is InChI=1S/C25H25FN2O5/c1-27-22(29)19-20(23(27)30)25(24(31)33-3)11-4-12-28(25)21(19)15-7-10-17(18(13-15)32-2)14-5-8-16(26)9-6-14/h5-10,13,19-21H,4,11-12H2,1-3H3/t19?,20?,21?,25-/m0/s1. The zero-order chi connectivity index (χ0) is 23.5. The summed E-state index contributed by atoms with van der Waals surface area (Å²) in [6.45, 7) is 0.582. The van der Waals surface area contributed by atoms with Crippen LogP contribution in [0.25, 0.3) is 11.1 Å². The molecule has 3 aliphatic rings. The normalized spacial score (nSPS) is 28.7. The van der Waals surface area contributed by atoms with Gasteiger partial charge in [-0.25, -0.2) is 4.39 Å². The van der Waals surface area contributed by atoms with Gasteiger partial charge in [0.1, 0.15) is 17.1 Å². The molecule has 0 saturated carbocycles. The molecule has 0 spiro atoms. The SMILES string of the molecule is COC(=O)[C@@]12CCCN1C(c1ccc(-c3ccc(F)cc3)c(OC)c1)C1C(=O)N(C)C(=O)C12. The largest absolute Gasteiger partial charge is 0.496 e. The number of hydrogen-bond donors (Lipinski definition) is 0. The number of carbonyl (C=O) groups is 3. The Labute approximate surface area is 191 Å². The van der Waals surface area contributed by atoms with Crippen molar-refractivity contribution in [1.29, 1.82) is 0 Å². The lowest BCUT2D eigenvalue weighted by Crippen LogP contribution is -2.54. The first kappa shape index (κ1) is 21.6. The number of ether oxygens (including phenoxy) is 2. The van der Waals surface area contributed by atoms with Gasteiger partial charge in [0.15, 0.2) is 0 Å². The van der Waals surface area contributed by atoms with Crippen molar-refractivity contribution >= 4 is 17.8 Å². The number of esters is 1. The molecule has 0 aliphatic carbocycles. The van der Waals surface area contributed by atoms with Gasteiger partial charge < -0.3 is 9.47 Å². The minimum Gasteiger partial charge on any atom is -0.496 e. The summed E-state index contributed by atoms with van der Waals surface area (Å²) in [5.74, 6) is -2.30. The van der Waals surface area contributed by atoms with E-state index in [9.17, 15) is 18.8 Å². The molecule has 3 saturated heterocycles. The highest BCUT2D eigenvalue weighted by molar-refractivity contribution is 6.09. The maximum absolute atomic E-state index is 13.4. The molecule has 33 heavy (non-hydrogen) atoms. The van der Waals surface area contributed by atoms with Crippen molar-refractivity contribution in [2.45, 2.75) is 24.4 Å². The average Bonchev–Trinajstić information content (AvgIpc) is 3.44. The molecule has 3 aliphatic heterocycles. The third-order valence-electron chi connectivity index (χ3n) is 7.49. The predicted molar refractivity (Wildman–Crippen MR) is 117 cm³/mol. The topological polar surface area (TPSA) is 76.2 Å². The molecular formula is C25H25FN2O5. The van der Waals surface area contributed by atoms with Crippen LogP contribution in [0.5, 0.6) is 5.75 Å². The molecular weight excluding hydrogens is 427 g/mol. The molecule has 172 valence electrons. The van der Waals surface area contributed by atoms with Gasteiger partial charge in [0.2, 0.25) is 11.8 Å². The summed E-state index contributed by atoms with van der Waals surface area (Å²) in [4.78, 5) is 42.6. The van der Waals surface area contributed by atoms with E-state index in [1.54, 1.807) is 19.2 Å². The van der Waals surface area contributed by atoms with Crippen molar-refractivity contribution in [3.8, 4) is 16.9 Å². The van der Waals surface area contributed by atoms with Crippen molar-refractivity contribution in [1.82, 2.24) is 9.80 Å². The second-order valence-corrected chi connectivity index (χ2v) is 8.86. The Morgan fingerprint density at radius 1 is 1.09 bits per heavy atom. The molecule has 5 rings (SSSR count). The van der Waals surface area contributed by atoms with E-state index in [0.29, 0.717) is 18.7 Å². The van der Waals surface area contributed by atoms with Gasteiger partial charge in [-0.3, -0.25) is 24.2 Å². The van der Waals surface area contributed by atoms with E-state index in [2.05, 4.69) is 0 Å². The van der Waals surface area contributed by atoms with Crippen molar-refractivity contribution in [2.24, 2.45) is 11.8 Å². The van der Waals surface area contributed by atoms with E-state index >= 15 is 0 Å². The number of imide groups is 1. The predicted octanol–water partition coefficient (Wildman–Crippen LogP) is 2.79. The van der Waals surface area contributed by atoms with Crippen LogP contribution in [0.2, 0.25) is 0 Å². The summed E-state index contributed by atoms with van der Waals surface area (Å²) in [6.07, 6.45) is 1.19. The smallest absolute Gasteiger partial charge is 0.327 e. The molecule has 8 heteroatoms. The van der Waals surface area contributed by atoms with Crippen molar-refractivity contribution in [2.75, 3.05) is 27.8 Å². The molecule has 0 N–H and O–H groups in total. The van der Waals surface area contributed by atoms with E-state index < -0.39 is 29.4 Å². The van der Waals surface area contributed by atoms with E-state index in [4.69, 9.17) is 9.47 Å². The Kier molecular flexibility index (Phi) is 5.01. The Morgan fingerprint density at radius 2 is 1.82 bits per heavy atom. The molecule has 0 radical (unpaired) electrons. The minimum atomic E-state index is -1.15. The lowest BCUT2D eigenvalue weighted by molar-refractivity contribution is -0.158. The van der Waals surface area contributed by atoms with E-state index in [1.165, 1.54) is 26.3 Å². The van der Waals surface area contributed by atoms with Gasteiger partial charge in [-0.15, -0.1) is 0 Å². The van der Waals surface area contributed by atoms with Crippen LogP contribution in [0, 0.1) is 17.7 Å². The molecule has 4 atom stereocenters. The van der Waals surface area contributed by atoms with Crippen LogP contribution in [0.4, 0.5) is 4.39 Å². The minimum absolute atomic E-state index is 0.283. The number of rotatable bonds is 4. The summed E-state index contributed by atoms with van der Waals surface area (Å²) >= 11 is 0. The second-order valence-electron chi connectivity index (χ2n) is 8.86. The average molecular weight is 452 g/mol. The lowest BCUT2D eigenvalue weighted by atomic mass is 9.77. The maximum atomic E-state index is 13.4. The van der Waals surface area contributed by atoms with Gasteiger partial charge in [-0.1, -0.05) is 24.3 Å². The first-order valence-electron chi connectivity index (χ1n) is 11.0. The van der Waals surface area contributed by atoms with Crippen LogP contribution < -0.4 is 4.74 Å². The molecule has 2 amide bonds. The number of hydrogen-bond acceptors (Lipinski definition) is 6. The Balaban J connectivity index is 1.64. The lowest BCUT2D eigenvalue weighted by Gasteiger charge is -2.35. The third-order valence-corrected chi connectivity index (χ3v) is 7.49. The Morgan fingerprint density at radius 3 is 2.48 bits per heavy atom. The number of fused-ring (bicyclic) bond motifs is 3. The number of benzene rings is 2. The molecule has 3 fully saturated rings. The van der Waals surface area contributed by atoms with Crippen LogP contribution in [-0.2, 0) is 19.1 Å². The van der Waals surface area contributed by atoms with Crippen molar-refractivity contribution < 1.29 is 28.2 Å². The monoisotopic (exact) mass is 452 g/mol. The highest BCUT2D eigenvalue weighted by Gasteiger charge is 2.73. The number of halogens is 1. The zero-order valence-corrected chi connectivity index (χ0v) is 18.7. The number of nitrogens with zero attached hydrogens (tertiary/aromatic N) is 2. The molecule has 3 unspecified atom stereocenters. The van der Waals surface area contributed by atoms with Gasteiger partial charge in [0.25, 0.3) is 0 Å². The number of likely N-dealkylation sites (tertiary alicyclic amines) is 1. The first-order chi connectivity index (χ1) is 15.8. The summed E-state index contributed by atoms with van der Waals surface area (Å²) in [6, 6.07) is 11.3. The van der Waals surface area contributed by atoms with Crippen LogP contribution in [0.1, 0.15) is 24.4 Å². The molecule has 7 nitrogen and oxygen atoms in total. The van der Waals surface area contributed by atoms with Crippen LogP contribution in [-0.4, -0.2) is 60.9 Å². The summed E-state index contributed by atoms with van der Waals surface area (Å²) in [5, 5.41) is 0. The fourth-order valence-corrected chi connectivity index (χ4v) is 6.10. The Bertz CT molecular complexity index is 1150. The second kappa shape index (κ2) is 7.66. The van der Waals surface area contributed by atoms with E-state index in [0.717, 1.165) is 28.0 Å². The molecule has 0 bridgehead atoms. The van der Waals surface area contributed by atoms with Crippen LogP contribution in [0.15, 0.2) is 42.5 Å². The summed E-state index contributed by atoms with van der Waals surface area (Å²) in [7, 11) is 4.35. The van der Waals surface area contributed by atoms with Gasteiger partial charge in [-0.2, -0.15) is 0 Å². The zero-order valence-electron chi connectivity index (χ0n) is 18.7. The number of amides is 2. The van der Waals surface area contributed by atoms with Gasteiger partial charge in [-0.05, 0) is 48.7 Å². The quantitative estimate of drug-likeness (QED) is 0.525. The van der Waals surface area contributed by atoms with Crippen LogP contribution in [0.3, 0.4) is 0 Å². The van der Waals surface area contributed by atoms with Crippen molar-refractivity contribution in [3.63, 3.8) is 0 Å². The molecule has 2 aromatic rings. The molecule has 3 heterocycles. The first-order valence-corrected chi connectivity index (χ1v) is 11.0. The van der Waals surface area contributed by atoms with Crippen LogP contribution >= 0.6 is 0 Å². The van der Waals surface area contributed by atoms with E-state index in [1.807, 2.05) is 23.1 Å².